The van der Waals surface area contributed by atoms with Crippen LogP contribution in [0.4, 0.5) is 18.9 Å². The molecule has 6 heteroatoms. The molecule has 0 aromatic heterocycles. The largest absolute Gasteiger partial charge is 0.418 e. The molecule has 0 saturated carbocycles. The third-order valence-corrected chi connectivity index (χ3v) is 3.61. The molecule has 114 valence electrons. The summed E-state index contributed by atoms with van der Waals surface area (Å²) in [7, 11) is 0. The maximum Gasteiger partial charge on any atom is 0.418 e. The number of hydrogen-bond acceptors (Lipinski definition) is 2. The van der Waals surface area contributed by atoms with Gasteiger partial charge in [-0.05, 0) is 38.2 Å². The Hall–Kier alpha value is -0.750. The van der Waals surface area contributed by atoms with Crippen LogP contribution >= 0.6 is 15.9 Å². The van der Waals surface area contributed by atoms with E-state index in [0.29, 0.717) is 11.0 Å². The number of halogens is 4. The molecule has 0 saturated heterocycles. The quantitative estimate of drug-likeness (QED) is 0.804. The SMILES string of the molecule is CCN(CC)CC(C)Nc1ccc(Br)cc1C(F)(F)F. The molecule has 0 radical (unpaired) electrons. The molecule has 0 aliphatic carbocycles. The smallest absolute Gasteiger partial charge is 0.381 e. The van der Waals surface area contributed by atoms with Crippen LogP contribution in [0, 0.1) is 0 Å². The van der Waals surface area contributed by atoms with E-state index < -0.39 is 11.7 Å². The predicted molar refractivity (Wildman–Crippen MR) is 80.0 cm³/mol. The molecule has 1 N–H and O–H groups in total. The van der Waals surface area contributed by atoms with Crippen molar-refractivity contribution in [2.24, 2.45) is 0 Å². The van der Waals surface area contributed by atoms with Gasteiger partial charge in [0.05, 0.1) is 5.56 Å². The van der Waals surface area contributed by atoms with Gasteiger partial charge in [-0.15, -0.1) is 0 Å². The molecule has 20 heavy (non-hydrogen) atoms. The van der Waals surface area contributed by atoms with Gasteiger partial charge >= 0.3 is 6.18 Å². The summed E-state index contributed by atoms with van der Waals surface area (Å²) in [4.78, 5) is 2.17. The van der Waals surface area contributed by atoms with Crippen molar-refractivity contribution in [3.8, 4) is 0 Å². The molecule has 1 aromatic carbocycles. The standard InChI is InChI=1S/C14H20BrF3N2/c1-4-20(5-2)9-10(3)19-13-7-6-11(15)8-12(13)14(16,17)18/h6-8,10,19H,4-5,9H2,1-3H3. The first-order valence-corrected chi connectivity index (χ1v) is 7.42. The molecular weight excluding hydrogens is 333 g/mol. The Bertz CT molecular complexity index is 431. The molecular formula is C14H20BrF3N2. The van der Waals surface area contributed by atoms with E-state index >= 15 is 0 Å². The highest BCUT2D eigenvalue weighted by Crippen LogP contribution is 2.36. The lowest BCUT2D eigenvalue weighted by Crippen LogP contribution is -2.35. The molecule has 0 heterocycles. The average molecular weight is 353 g/mol. The van der Waals surface area contributed by atoms with Gasteiger partial charge in [0, 0.05) is 22.7 Å². The van der Waals surface area contributed by atoms with E-state index in [0.717, 1.165) is 19.2 Å². The van der Waals surface area contributed by atoms with Crippen molar-refractivity contribution < 1.29 is 13.2 Å². The van der Waals surface area contributed by atoms with Gasteiger partial charge in [-0.3, -0.25) is 0 Å². The van der Waals surface area contributed by atoms with Gasteiger partial charge in [0.15, 0.2) is 0 Å². The van der Waals surface area contributed by atoms with Crippen molar-refractivity contribution in [1.82, 2.24) is 4.90 Å². The highest BCUT2D eigenvalue weighted by atomic mass is 79.9. The van der Waals surface area contributed by atoms with E-state index in [2.05, 4.69) is 26.1 Å². The number of nitrogens with one attached hydrogen (secondary N) is 1. The average Bonchev–Trinajstić information content (AvgIpc) is 2.36. The monoisotopic (exact) mass is 352 g/mol. The lowest BCUT2D eigenvalue weighted by atomic mass is 10.1. The second-order valence-corrected chi connectivity index (χ2v) is 5.63. The fourth-order valence-electron chi connectivity index (χ4n) is 2.06. The lowest BCUT2D eigenvalue weighted by Gasteiger charge is -2.25. The van der Waals surface area contributed by atoms with Gasteiger partial charge in [-0.2, -0.15) is 13.2 Å². The van der Waals surface area contributed by atoms with Crippen molar-refractivity contribution in [3.63, 3.8) is 0 Å². The fraction of sp³-hybridized carbons (Fsp3) is 0.571. The Morgan fingerprint density at radius 2 is 1.85 bits per heavy atom. The summed E-state index contributed by atoms with van der Waals surface area (Å²) >= 11 is 3.08. The number of nitrogens with zero attached hydrogens (tertiary/aromatic N) is 1. The Morgan fingerprint density at radius 3 is 2.35 bits per heavy atom. The Kier molecular flexibility index (Phi) is 6.33. The second kappa shape index (κ2) is 7.31. The van der Waals surface area contributed by atoms with E-state index in [1.54, 1.807) is 6.07 Å². The third kappa shape index (κ3) is 4.98. The molecule has 0 fully saturated rings. The topological polar surface area (TPSA) is 15.3 Å². The summed E-state index contributed by atoms with van der Waals surface area (Å²) in [6.07, 6.45) is -4.36. The summed E-state index contributed by atoms with van der Waals surface area (Å²) in [5, 5.41) is 2.96. The van der Waals surface area contributed by atoms with Crippen molar-refractivity contribution in [3.05, 3.63) is 28.2 Å². The molecule has 0 spiro atoms. The number of alkyl halides is 3. The van der Waals surface area contributed by atoms with Crippen LogP contribution < -0.4 is 5.32 Å². The summed E-state index contributed by atoms with van der Waals surface area (Å²) < 4.78 is 39.4. The van der Waals surface area contributed by atoms with E-state index in [4.69, 9.17) is 0 Å². The maximum atomic E-state index is 13.0. The predicted octanol–water partition coefficient (Wildman–Crippen LogP) is 4.61. The minimum absolute atomic E-state index is 0.0582. The van der Waals surface area contributed by atoms with Gasteiger partial charge in [0.1, 0.15) is 0 Å². The van der Waals surface area contributed by atoms with Crippen LogP contribution in [0.25, 0.3) is 0 Å². The third-order valence-electron chi connectivity index (χ3n) is 3.12. The van der Waals surface area contributed by atoms with Gasteiger partial charge in [-0.25, -0.2) is 0 Å². The Morgan fingerprint density at radius 1 is 1.25 bits per heavy atom. The van der Waals surface area contributed by atoms with Crippen LogP contribution in [0.1, 0.15) is 26.3 Å². The molecule has 1 aromatic rings. The molecule has 0 amide bonds. The summed E-state index contributed by atoms with van der Waals surface area (Å²) in [5.41, 5.74) is -0.515. The molecule has 0 aliphatic rings. The van der Waals surface area contributed by atoms with Gasteiger partial charge < -0.3 is 10.2 Å². The van der Waals surface area contributed by atoms with Crippen molar-refractivity contribution in [1.29, 1.82) is 0 Å². The van der Waals surface area contributed by atoms with Gasteiger partial charge in [-0.1, -0.05) is 29.8 Å². The summed E-state index contributed by atoms with van der Waals surface area (Å²) in [5.74, 6) is 0. The summed E-state index contributed by atoms with van der Waals surface area (Å²) in [6.45, 7) is 8.44. The zero-order valence-electron chi connectivity index (χ0n) is 11.9. The molecule has 1 rings (SSSR count). The number of likely N-dealkylation sites (N-methyl/N-ethyl adjacent to an activating group) is 1. The molecule has 0 aliphatic heterocycles. The van der Waals surface area contributed by atoms with E-state index in [-0.39, 0.29) is 11.7 Å². The zero-order chi connectivity index (χ0) is 15.3. The Balaban J connectivity index is 2.87. The minimum atomic E-state index is -4.36. The van der Waals surface area contributed by atoms with Crippen LogP contribution in [-0.2, 0) is 6.18 Å². The van der Waals surface area contributed by atoms with Crippen LogP contribution in [0.5, 0.6) is 0 Å². The maximum absolute atomic E-state index is 13.0. The molecule has 0 bridgehead atoms. The zero-order valence-corrected chi connectivity index (χ0v) is 13.5. The number of benzene rings is 1. The van der Waals surface area contributed by atoms with Crippen LogP contribution in [0.2, 0.25) is 0 Å². The van der Waals surface area contributed by atoms with Crippen LogP contribution in [0.15, 0.2) is 22.7 Å². The molecule has 1 atom stereocenters. The van der Waals surface area contributed by atoms with E-state index in [1.807, 2.05) is 20.8 Å². The number of hydrogen-bond donors (Lipinski definition) is 1. The molecule has 2 nitrogen and oxygen atoms in total. The highest BCUT2D eigenvalue weighted by molar-refractivity contribution is 9.10. The first kappa shape index (κ1) is 17.3. The van der Waals surface area contributed by atoms with Gasteiger partial charge in [0.2, 0.25) is 0 Å². The minimum Gasteiger partial charge on any atom is -0.381 e. The first-order chi connectivity index (χ1) is 9.27. The molecule has 1 unspecified atom stereocenters. The number of anilines is 1. The first-order valence-electron chi connectivity index (χ1n) is 6.63. The number of rotatable bonds is 6. The lowest BCUT2D eigenvalue weighted by molar-refractivity contribution is -0.137. The van der Waals surface area contributed by atoms with Crippen molar-refractivity contribution in [2.45, 2.75) is 33.0 Å². The fourth-order valence-corrected chi connectivity index (χ4v) is 2.42. The van der Waals surface area contributed by atoms with E-state index in [9.17, 15) is 13.2 Å². The van der Waals surface area contributed by atoms with Crippen LogP contribution in [0.3, 0.4) is 0 Å². The normalized spacial score (nSPS) is 13.6. The summed E-state index contributed by atoms with van der Waals surface area (Å²) in [6, 6.07) is 4.12. The Labute approximate surface area is 126 Å². The van der Waals surface area contributed by atoms with Crippen molar-refractivity contribution in [2.75, 3.05) is 25.0 Å². The van der Waals surface area contributed by atoms with Crippen molar-refractivity contribution >= 4 is 21.6 Å². The van der Waals surface area contributed by atoms with Gasteiger partial charge in [0.25, 0.3) is 0 Å². The van der Waals surface area contributed by atoms with E-state index in [1.165, 1.54) is 6.07 Å². The second-order valence-electron chi connectivity index (χ2n) is 4.72. The van der Waals surface area contributed by atoms with Crippen LogP contribution in [-0.4, -0.2) is 30.6 Å². The highest BCUT2D eigenvalue weighted by Gasteiger charge is 2.34.